The van der Waals surface area contributed by atoms with Gasteiger partial charge in [-0.1, -0.05) is 26.0 Å². The molecular formula is C16H23NO5. The zero-order chi connectivity index (χ0) is 16.5. The molecule has 0 aliphatic heterocycles. The Bertz CT molecular complexity index is 484. The van der Waals surface area contributed by atoms with E-state index >= 15 is 0 Å². The molecule has 6 heteroatoms. The molecule has 0 saturated heterocycles. The molecule has 0 heterocycles. The van der Waals surface area contributed by atoms with Crippen molar-refractivity contribution in [3.8, 4) is 5.75 Å². The number of nitrogens with one attached hydrogen (secondary N) is 1. The number of rotatable bonds is 9. The number of carboxylic acids is 1. The predicted molar refractivity (Wildman–Crippen MR) is 82.1 cm³/mol. The van der Waals surface area contributed by atoms with Crippen LogP contribution in [0.4, 0.5) is 0 Å². The number of carbonyl (C=O) groups is 2. The van der Waals surface area contributed by atoms with Crippen LogP contribution in [0.3, 0.4) is 0 Å². The van der Waals surface area contributed by atoms with Crippen LogP contribution in [-0.4, -0.2) is 43.3 Å². The van der Waals surface area contributed by atoms with E-state index in [0.717, 1.165) is 0 Å². The van der Waals surface area contributed by atoms with Gasteiger partial charge in [0.05, 0.1) is 0 Å². The van der Waals surface area contributed by atoms with E-state index in [1.807, 2.05) is 12.1 Å². The van der Waals surface area contributed by atoms with Crippen molar-refractivity contribution < 1.29 is 24.2 Å². The molecule has 6 nitrogen and oxygen atoms in total. The summed E-state index contributed by atoms with van der Waals surface area (Å²) in [4.78, 5) is 22.7. The average molecular weight is 309 g/mol. The number of benzene rings is 1. The Balaban J connectivity index is 2.45. The second-order valence-electron chi connectivity index (χ2n) is 5.25. The van der Waals surface area contributed by atoms with Crippen LogP contribution in [0.5, 0.6) is 5.75 Å². The van der Waals surface area contributed by atoms with Crippen molar-refractivity contribution in [3.63, 3.8) is 0 Å². The van der Waals surface area contributed by atoms with E-state index in [4.69, 9.17) is 14.6 Å². The van der Waals surface area contributed by atoms with Gasteiger partial charge >= 0.3 is 5.97 Å². The van der Waals surface area contributed by atoms with Crippen molar-refractivity contribution in [2.75, 3.05) is 20.3 Å². The molecule has 1 amide bonds. The van der Waals surface area contributed by atoms with E-state index in [1.165, 1.54) is 12.7 Å². The van der Waals surface area contributed by atoms with Crippen LogP contribution < -0.4 is 10.1 Å². The lowest BCUT2D eigenvalue weighted by Crippen LogP contribution is -2.43. The maximum Gasteiger partial charge on any atom is 0.326 e. The normalized spacial score (nSPS) is 12.0. The van der Waals surface area contributed by atoms with Crippen LogP contribution in [-0.2, 0) is 14.3 Å². The van der Waals surface area contributed by atoms with Gasteiger partial charge in [-0.2, -0.15) is 0 Å². The Morgan fingerprint density at radius 2 is 1.86 bits per heavy atom. The van der Waals surface area contributed by atoms with E-state index in [1.54, 1.807) is 12.1 Å². The molecule has 1 rings (SSSR count). The van der Waals surface area contributed by atoms with Gasteiger partial charge in [-0.3, -0.25) is 4.79 Å². The van der Waals surface area contributed by atoms with E-state index in [9.17, 15) is 9.59 Å². The molecule has 0 fully saturated rings. The number of aliphatic carboxylic acids is 1. The summed E-state index contributed by atoms with van der Waals surface area (Å²) in [7, 11) is 1.48. The van der Waals surface area contributed by atoms with Gasteiger partial charge in [0, 0.05) is 20.1 Å². The minimum atomic E-state index is -1.09. The van der Waals surface area contributed by atoms with Gasteiger partial charge in [0.2, 0.25) is 0 Å². The fourth-order valence-electron chi connectivity index (χ4n) is 1.83. The first-order chi connectivity index (χ1) is 10.4. The summed E-state index contributed by atoms with van der Waals surface area (Å²) in [5.41, 5.74) is 1.18. The molecule has 2 N–H and O–H groups in total. The van der Waals surface area contributed by atoms with Gasteiger partial charge in [-0.15, -0.1) is 0 Å². The molecule has 0 aliphatic rings. The van der Waals surface area contributed by atoms with Crippen LogP contribution in [0.15, 0.2) is 24.3 Å². The highest BCUT2D eigenvalue weighted by molar-refractivity contribution is 5.84. The van der Waals surface area contributed by atoms with Gasteiger partial charge in [0.1, 0.15) is 11.8 Å². The first-order valence-electron chi connectivity index (χ1n) is 7.18. The molecule has 1 unspecified atom stereocenters. The molecule has 1 aromatic carbocycles. The number of carboxylic acid groups (broad SMARTS) is 1. The van der Waals surface area contributed by atoms with E-state index in [-0.39, 0.29) is 19.6 Å². The minimum Gasteiger partial charge on any atom is -0.484 e. The van der Waals surface area contributed by atoms with Gasteiger partial charge in [-0.25, -0.2) is 4.79 Å². The van der Waals surface area contributed by atoms with Crippen LogP contribution in [0.25, 0.3) is 0 Å². The lowest BCUT2D eigenvalue weighted by Gasteiger charge is -2.14. The van der Waals surface area contributed by atoms with Crippen molar-refractivity contribution >= 4 is 11.9 Å². The topological polar surface area (TPSA) is 84.9 Å². The Morgan fingerprint density at radius 3 is 2.36 bits per heavy atom. The highest BCUT2D eigenvalue weighted by atomic mass is 16.5. The van der Waals surface area contributed by atoms with Gasteiger partial charge in [0.15, 0.2) is 6.61 Å². The summed E-state index contributed by atoms with van der Waals surface area (Å²) in [6.45, 7) is 4.22. The summed E-state index contributed by atoms with van der Waals surface area (Å²) in [6, 6.07) is 6.50. The van der Waals surface area contributed by atoms with Crippen molar-refractivity contribution in [3.05, 3.63) is 29.8 Å². The number of carbonyl (C=O) groups excluding carboxylic acids is 1. The van der Waals surface area contributed by atoms with Crippen LogP contribution in [0.1, 0.15) is 31.7 Å². The third kappa shape index (κ3) is 6.13. The number of methoxy groups -OCH3 is 1. The fraction of sp³-hybridized carbons (Fsp3) is 0.500. The van der Waals surface area contributed by atoms with Crippen LogP contribution in [0.2, 0.25) is 0 Å². The third-order valence-corrected chi connectivity index (χ3v) is 3.16. The van der Waals surface area contributed by atoms with Crippen LogP contribution >= 0.6 is 0 Å². The average Bonchev–Trinajstić information content (AvgIpc) is 2.49. The van der Waals surface area contributed by atoms with E-state index in [2.05, 4.69) is 19.2 Å². The molecule has 0 aromatic heterocycles. The monoisotopic (exact) mass is 309 g/mol. The smallest absolute Gasteiger partial charge is 0.326 e. The van der Waals surface area contributed by atoms with Crippen molar-refractivity contribution in [2.24, 2.45) is 0 Å². The van der Waals surface area contributed by atoms with Gasteiger partial charge < -0.3 is 19.9 Å². The van der Waals surface area contributed by atoms with Crippen molar-refractivity contribution in [2.45, 2.75) is 32.2 Å². The second kappa shape index (κ2) is 9.04. The molecule has 0 saturated carbocycles. The zero-order valence-corrected chi connectivity index (χ0v) is 13.2. The van der Waals surface area contributed by atoms with Gasteiger partial charge in [-0.05, 0) is 23.6 Å². The zero-order valence-electron chi connectivity index (χ0n) is 13.2. The molecule has 0 aliphatic carbocycles. The van der Waals surface area contributed by atoms with Crippen molar-refractivity contribution in [1.82, 2.24) is 5.32 Å². The van der Waals surface area contributed by atoms with E-state index < -0.39 is 17.9 Å². The SMILES string of the molecule is COCCC(NC(=O)COc1ccc(C(C)C)cc1)C(=O)O. The lowest BCUT2D eigenvalue weighted by atomic mass is 10.0. The molecule has 0 bridgehead atoms. The highest BCUT2D eigenvalue weighted by Gasteiger charge is 2.19. The highest BCUT2D eigenvalue weighted by Crippen LogP contribution is 2.18. The largest absolute Gasteiger partial charge is 0.484 e. The molecule has 122 valence electrons. The Labute approximate surface area is 130 Å². The predicted octanol–water partition coefficient (Wildman–Crippen LogP) is 1.79. The van der Waals surface area contributed by atoms with Crippen molar-refractivity contribution in [1.29, 1.82) is 0 Å². The number of hydrogen-bond acceptors (Lipinski definition) is 4. The molecular weight excluding hydrogens is 286 g/mol. The Kier molecular flexibility index (Phi) is 7.39. The fourth-order valence-corrected chi connectivity index (χ4v) is 1.83. The number of amides is 1. The maximum atomic E-state index is 11.7. The first kappa shape index (κ1) is 18.0. The second-order valence-corrected chi connectivity index (χ2v) is 5.25. The quantitative estimate of drug-likeness (QED) is 0.726. The van der Waals surface area contributed by atoms with Gasteiger partial charge in [0.25, 0.3) is 5.91 Å². The summed E-state index contributed by atoms with van der Waals surface area (Å²) >= 11 is 0. The third-order valence-electron chi connectivity index (χ3n) is 3.16. The number of hydrogen-bond donors (Lipinski definition) is 2. The molecule has 0 radical (unpaired) electrons. The summed E-state index contributed by atoms with van der Waals surface area (Å²) in [5.74, 6) is -0.569. The molecule has 0 spiro atoms. The standard InChI is InChI=1S/C16H23NO5/c1-11(2)12-4-6-13(7-5-12)22-10-15(18)17-14(16(19)20)8-9-21-3/h4-7,11,14H,8-10H2,1-3H3,(H,17,18)(H,19,20). The maximum absolute atomic E-state index is 11.7. The molecule has 1 atom stereocenters. The minimum absolute atomic E-state index is 0.209. The van der Waals surface area contributed by atoms with E-state index in [0.29, 0.717) is 11.7 Å². The lowest BCUT2D eigenvalue weighted by molar-refractivity contribution is -0.142. The number of ether oxygens (including phenoxy) is 2. The molecule has 22 heavy (non-hydrogen) atoms. The summed E-state index contributed by atoms with van der Waals surface area (Å²) in [5, 5.41) is 11.4. The summed E-state index contributed by atoms with van der Waals surface area (Å²) < 4.78 is 10.2. The Morgan fingerprint density at radius 1 is 1.23 bits per heavy atom. The summed E-state index contributed by atoms with van der Waals surface area (Å²) in [6.07, 6.45) is 0.209. The molecule has 1 aromatic rings. The van der Waals surface area contributed by atoms with Crippen LogP contribution in [0, 0.1) is 0 Å². The first-order valence-corrected chi connectivity index (χ1v) is 7.18. The Hall–Kier alpha value is -2.08.